The van der Waals surface area contributed by atoms with Crippen molar-refractivity contribution in [3.63, 3.8) is 0 Å². The van der Waals surface area contributed by atoms with E-state index in [0.717, 1.165) is 35.2 Å². The van der Waals surface area contributed by atoms with Crippen LogP contribution < -0.4 is 10.6 Å². The molecule has 1 aliphatic rings. The fourth-order valence-corrected chi connectivity index (χ4v) is 3.24. The second-order valence-electron chi connectivity index (χ2n) is 7.40. The number of hydrogen-bond donors (Lipinski definition) is 2. The van der Waals surface area contributed by atoms with Gasteiger partial charge in [0.1, 0.15) is 0 Å². The van der Waals surface area contributed by atoms with E-state index in [9.17, 15) is 9.59 Å². The molecule has 2 amide bonds. The molecule has 0 saturated heterocycles. The van der Waals surface area contributed by atoms with Crippen molar-refractivity contribution in [2.75, 3.05) is 18.4 Å². The van der Waals surface area contributed by atoms with Crippen LogP contribution in [0.15, 0.2) is 42.7 Å². The molecule has 0 aliphatic heterocycles. The molecule has 2 N–H and O–H groups in total. The van der Waals surface area contributed by atoms with E-state index in [1.54, 1.807) is 12.4 Å². The SMILES string of the molecule is Cc1cccc(C)c1NC(=O)CN(CCC(=O)NCc1ccncc1)C1CC1. The molecule has 0 spiro atoms. The van der Waals surface area contributed by atoms with Gasteiger partial charge < -0.3 is 10.6 Å². The highest BCUT2D eigenvalue weighted by Crippen LogP contribution is 2.27. The highest BCUT2D eigenvalue weighted by Gasteiger charge is 2.30. The molecule has 1 heterocycles. The van der Waals surface area contributed by atoms with E-state index >= 15 is 0 Å². The fourth-order valence-electron chi connectivity index (χ4n) is 3.24. The van der Waals surface area contributed by atoms with Crippen LogP contribution in [0.25, 0.3) is 0 Å². The summed E-state index contributed by atoms with van der Waals surface area (Å²) in [6.45, 7) is 5.39. The largest absolute Gasteiger partial charge is 0.352 e. The van der Waals surface area contributed by atoms with Gasteiger partial charge in [0.15, 0.2) is 0 Å². The van der Waals surface area contributed by atoms with Crippen molar-refractivity contribution in [2.45, 2.75) is 45.7 Å². The number of rotatable bonds is 9. The second kappa shape index (κ2) is 9.46. The Morgan fingerprint density at radius 2 is 1.75 bits per heavy atom. The molecular weight excluding hydrogens is 352 g/mol. The van der Waals surface area contributed by atoms with Crippen LogP contribution in [0.4, 0.5) is 5.69 Å². The van der Waals surface area contributed by atoms with E-state index in [-0.39, 0.29) is 11.8 Å². The molecule has 0 bridgehead atoms. The van der Waals surface area contributed by atoms with Crippen LogP contribution in [0.1, 0.15) is 36.0 Å². The van der Waals surface area contributed by atoms with Crippen LogP contribution in [0.5, 0.6) is 0 Å². The summed E-state index contributed by atoms with van der Waals surface area (Å²) < 4.78 is 0. The quantitative estimate of drug-likeness (QED) is 0.702. The molecule has 28 heavy (non-hydrogen) atoms. The fraction of sp³-hybridized carbons (Fsp3) is 0.409. The van der Waals surface area contributed by atoms with Gasteiger partial charge in [-0.05, 0) is 55.5 Å². The first-order valence-electron chi connectivity index (χ1n) is 9.78. The summed E-state index contributed by atoms with van der Waals surface area (Å²) in [5, 5.41) is 5.97. The minimum atomic E-state index is -0.0264. The first-order valence-corrected chi connectivity index (χ1v) is 9.78. The first kappa shape index (κ1) is 20.0. The molecule has 1 aromatic carbocycles. The summed E-state index contributed by atoms with van der Waals surface area (Å²) in [6.07, 6.45) is 6.00. The Balaban J connectivity index is 1.47. The number of nitrogens with one attached hydrogen (secondary N) is 2. The summed E-state index contributed by atoms with van der Waals surface area (Å²) in [6, 6.07) is 10.2. The van der Waals surface area contributed by atoms with Crippen molar-refractivity contribution in [1.29, 1.82) is 0 Å². The zero-order chi connectivity index (χ0) is 19.9. The number of benzene rings is 1. The maximum absolute atomic E-state index is 12.6. The van der Waals surface area contributed by atoms with E-state index in [2.05, 4.69) is 20.5 Å². The number of hydrogen-bond acceptors (Lipinski definition) is 4. The molecule has 148 valence electrons. The number of aromatic nitrogens is 1. The van der Waals surface area contributed by atoms with Crippen LogP contribution in [0.2, 0.25) is 0 Å². The molecule has 6 nitrogen and oxygen atoms in total. The number of anilines is 1. The van der Waals surface area contributed by atoms with E-state index in [1.807, 2.05) is 44.2 Å². The zero-order valence-corrected chi connectivity index (χ0v) is 16.6. The second-order valence-corrected chi connectivity index (χ2v) is 7.40. The van der Waals surface area contributed by atoms with Gasteiger partial charge in [0.25, 0.3) is 0 Å². The van der Waals surface area contributed by atoms with Crippen molar-refractivity contribution < 1.29 is 9.59 Å². The third kappa shape index (κ3) is 5.89. The summed E-state index contributed by atoms with van der Waals surface area (Å²) in [7, 11) is 0. The topological polar surface area (TPSA) is 74.3 Å². The van der Waals surface area contributed by atoms with E-state index in [0.29, 0.717) is 32.1 Å². The van der Waals surface area contributed by atoms with Gasteiger partial charge in [0, 0.05) is 43.6 Å². The lowest BCUT2D eigenvalue weighted by Crippen LogP contribution is -2.38. The minimum absolute atomic E-state index is 0.00220. The third-order valence-corrected chi connectivity index (χ3v) is 5.02. The van der Waals surface area contributed by atoms with Crippen molar-refractivity contribution in [1.82, 2.24) is 15.2 Å². The zero-order valence-electron chi connectivity index (χ0n) is 16.6. The third-order valence-electron chi connectivity index (χ3n) is 5.02. The number of carbonyl (C=O) groups excluding carboxylic acids is 2. The molecule has 0 atom stereocenters. The number of para-hydroxylation sites is 1. The highest BCUT2D eigenvalue weighted by molar-refractivity contribution is 5.93. The highest BCUT2D eigenvalue weighted by atomic mass is 16.2. The Bertz CT molecular complexity index is 798. The van der Waals surface area contributed by atoms with Gasteiger partial charge in [0.2, 0.25) is 11.8 Å². The van der Waals surface area contributed by atoms with E-state index < -0.39 is 0 Å². The predicted molar refractivity (Wildman–Crippen MR) is 110 cm³/mol. The van der Waals surface area contributed by atoms with Gasteiger partial charge in [-0.1, -0.05) is 18.2 Å². The molecule has 0 unspecified atom stereocenters. The molecule has 1 aromatic heterocycles. The normalized spacial score (nSPS) is 13.4. The Morgan fingerprint density at radius 3 is 2.39 bits per heavy atom. The van der Waals surface area contributed by atoms with Crippen LogP contribution >= 0.6 is 0 Å². The molecule has 6 heteroatoms. The number of pyridine rings is 1. The maximum atomic E-state index is 12.6. The number of amides is 2. The molecule has 0 radical (unpaired) electrons. The van der Waals surface area contributed by atoms with Crippen LogP contribution in [-0.4, -0.2) is 40.8 Å². The predicted octanol–water partition coefficient (Wildman–Crippen LogP) is 2.81. The molecule has 1 fully saturated rings. The summed E-state index contributed by atoms with van der Waals surface area (Å²) in [4.78, 5) is 30.8. The summed E-state index contributed by atoms with van der Waals surface area (Å²) in [5.41, 5.74) is 4.03. The van der Waals surface area contributed by atoms with Gasteiger partial charge >= 0.3 is 0 Å². The number of nitrogens with zero attached hydrogens (tertiary/aromatic N) is 2. The smallest absolute Gasteiger partial charge is 0.238 e. The molecule has 3 rings (SSSR count). The molecule has 2 aromatic rings. The monoisotopic (exact) mass is 380 g/mol. The Labute approximate surface area is 166 Å². The summed E-state index contributed by atoms with van der Waals surface area (Å²) >= 11 is 0. The maximum Gasteiger partial charge on any atom is 0.238 e. The van der Waals surface area contributed by atoms with Crippen LogP contribution in [-0.2, 0) is 16.1 Å². The molecule has 1 aliphatic carbocycles. The number of aryl methyl sites for hydroxylation is 2. The minimum Gasteiger partial charge on any atom is -0.352 e. The number of carbonyl (C=O) groups is 2. The van der Waals surface area contributed by atoms with Gasteiger partial charge in [-0.25, -0.2) is 0 Å². The first-order chi connectivity index (χ1) is 13.5. The summed E-state index contributed by atoms with van der Waals surface area (Å²) in [5.74, 6) is -0.0286. The lowest BCUT2D eigenvalue weighted by molar-refractivity contribution is -0.122. The van der Waals surface area contributed by atoms with Gasteiger partial charge in [-0.15, -0.1) is 0 Å². The average molecular weight is 380 g/mol. The van der Waals surface area contributed by atoms with E-state index in [1.165, 1.54) is 0 Å². The Kier molecular flexibility index (Phi) is 6.76. The lowest BCUT2D eigenvalue weighted by atomic mass is 10.1. The van der Waals surface area contributed by atoms with E-state index in [4.69, 9.17) is 0 Å². The van der Waals surface area contributed by atoms with Crippen LogP contribution in [0, 0.1) is 13.8 Å². The Morgan fingerprint density at radius 1 is 1.07 bits per heavy atom. The van der Waals surface area contributed by atoms with Crippen molar-refractivity contribution >= 4 is 17.5 Å². The standard InChI is InChI=1S/C22H28N4O2/c1-16-4-3-5-17(2)22(16)25-21(28)15-26(19-6-7-19)13-10-20(27)24-14-18-8-11-23-12-9-18/h3-5,8-9,11-12,19H,6-7,10,13-15H2,1-2H3,(H,24,27)(H,25,28). The van der Waals surface area contributed by atoms with Crippen molar-refractivity contribution in [2.24, 2.45) is 0 Å². The molecular formula is C22H28N4O2. The Hall–Kier alpha value is -2.73. The van der Waals surface area contributed by atoms with Gasteiger partial charge in [0.05, 0.1) is 6.54 Å². The molecule has 1 saturated carbocycles. The van der Waals surface area contributed by atoms with Crippen molar-refractivity contribution in [3.05, 3.63) is 59.4 Å². The van der Waals surface area contributed by atoms with Gasteiger partial charge in [-0.3, -0.25) is 19.5 Å². The van der Waals surface area contributed by atoms with Crippen LogP contribution in [0.3, 0.4) is 0 Å². The van der Waals surface area contributed by atoms with Crippen molar-refractivity contribution in [3.8, 4) is 0 Å². The van der Waals surface area contributed by atoms with Gasteiger partial charge in [-0.2, -0.15) is 0 Å². The average Bonchev–Trinajstić information content (AvgIpc) is 3.52. The lowest BCUT2D eigenvalue weighted by Gasteiger charge is -2.22.